The highest BCUT2D eigenvalue weighted by Gasteiger charge is 2.24. The Balaban J connectivity index is 1.76. The maximum absolute atomic E-state index is 12.3. The fourth-order valence-corrected chi connectivity index (χ4v) is 3.33. The first kappa shape index (κ1) is 16.7. The highest BCUT2D eigenvalue weighted by Crippen LogP contribution is 2.23. The molecule has 1 aliphatic rings. The Morgan fingerprint density at radius 1 is 1.43 bits per heavy atom. The zero-order valence-electron chi connectivity index (χ0n) is 12.1. The lowest BCUT2D eigenvalue weighted by Gasteiger charge is -2.35. The van der Waals surface area contributed by atoms with Gasteiger partial charge in [0.25, 0.3) is 5.91 Å². The summed E-state index contributed by atoms with van der Waals surface area (Å²) in [7, 11) is 0. The quantitative estimate of drug-likeness (QED) is 0.859. The van der Waals surface area contributed by atoms with Gasteiger partial charge >= 0.3 is 0 Å². The van der Waals surface area contributed by atoms with Crippen LogP contribution in [0.3, 0.4) is 0 Å². The Kier molecular flexibility index (Phi) is 6.44. The van der Waals surface area contributed by atoms with Crippen molar-refractivity contribution in [2.24, 2.45) is 0 Å². The maximum atomic E-state index is 12.3. The lowest BCUT2D eigenvalue weighted by atomic mass is 10.2. The second-order valence-electron chi connectivity index (χ2n) is 5.01. The second-order valence-corrected chi connectivity index (χ2v) is 6.72. The van der Waals surface area contributed by atoms with E-state index in [2.05, 4.69) is 4.90 Å². The number of carbonyl (C=O) groups is 1. The monoisotopic (exact) mass is 332 g/mol. The number of hydrogen-bond acceptors (Lipinski definition) is 5. The summed E-state index contributed by atoms with van der Waals surface area (Å²) in [5, 5.41) is 9.83. The van der Waals surface area contributed by atoms with Crippen molar-refractivity contribution in [3.8, 4) is 0 Å². The first-order chi connectivity index (χ1) is 10.1. The average Bonchev–Trinajstić information content (AvgIpc) is 2.92. The third-order valence-electron chi connectivity index (χ3n) is 3.43. The second kappa shape index (κ2) is 8.10. The van der Waals surface area contributed by atoms with E-state index >= 15 is 0 Å². The first-order valence-electron chi connectivity index (χ1n) is 7.13. The van der Waals surface area contributed by atoms with Crippen molar-refractivity contribution < 1.29 is 14.6 Å². The summed E-state index contributed by atoms with van der Waals surface area (Å²) in [4.78, 5) is 17.0. The fraction of sp³-hybridized carbons (Fsp3) is 0.643. The maximum Gasteiger partial charge on any atom is 0.264 e. The van der Waals surface area contributed by atoms with Gasteiger partial charge < -0.3 is 14.7 Å². The van der Waals surface area contributed by atoms with Gasteiger partial charge in [-0.2, -0.15) is 0 Å². The zero-order chi connectivity index (χ0) is 15.2. The fourth-order valence-electron chi connectivity index (χ4n) is 2.32. The van der Waals surface area contributed by atoms with E-state index in [-0.39, 0.29) is 5.91 Å². The Morgan fingerprint density at radius 2 is 2.14 bits per heavy atom. The van der Waals surface area contributed by atoms with E-state index in [1.165, 1.54) is 11.3 Å². The van der Waals surface area contributed by atoms with E-state index in [4.69, 9.17) is 16.3 Å². The molecule has 118 valence electrons. The number of aliphatic hydroxyl groups excluding tert-OH is 1. The molecule has 1 aromatic heterocycles. The number of ether oxygens (including phenoxy) is 1. The average molecular weight is 333 g/mol. The van der Waals surface area contributed by atoms with Gasteiger partial charge in [0, 0.05) is 39.3 Å². The highest BCUT2D eigenvalue weighted by molar-refractivity contribution is 7.17. The number of hydrogen-bond donors (Lipinski definition) is 1. The minimum atomic E-state index is -0.469. The van der Waals surface area contributed by atoms with E-state index in [1.54, 1.807) is 12.1 Å². The molecule has 2 rings (SSSR count). The molecule has 2 heterocycles. The SMILES string of the molecule is CCOC[C@H](O)CN1CCN(C(=O)c2ccc(Cl)s2)CC1. The van der Waals surface area contributed by atoms with E-state index < -0.39 is 6.10 Å². The largest absolute Gasteiger partial charge is 0.389 e. The Hall–Kier alpha value is -0.660. The molecule has 0 bridgehead atoms. The topological polar surface area (TPSA) is 53.0 Å². The van der Waals surface area contributed by atoms with Gasteiger partial charge in [0.05, 0.1) is 21.9 Å². The molecule has 0 spiro atoms. The molecule has 1 fully saturated rings. The molecule has 1 saturated heterocycles. The minimum absolute atomic E-state index is 0.0430. The molecule has 0 unspecified atom stereocenters. The summed E-state index contributed by atoms with van der Waals surface area (Å²) in [6, 6.07) is 3.52. The number of carbonyl (C=O) groups excluding carboxylic acids is 1. The number of amides is 1. The first-order valence-corrected chi connectivity index (χ1v) is 8.32. The van der Waals surface area contributed by atoms with Gasteiger partial charge in [-0.3, -0.25) is 9.69 Å². The minimum Gasteiger partial charge on any atom is -0.389 e. The molecule has 0 saturated carbocycles. The van der Waals surface area contributed by atoms with Crippen LogP contribution in [0, 0.1) is 0 Å². The Morgan fingerprint density at radius 3 is 2.71 bits per heavy atom. The number of nitrogens with zero attached hydrogens (tertiary/aromatic N) is 2. The van der Waals surface area contributed by atoms with Crippen molar-refractivity contribution in [3.05, 3.63) is 21.3 Å². The molecule has 1 atom stereocenters. The number of thiophene rings is 1. The number of β-amino-alcohol motifs (C(OH)–C–C–N with tert-alkyl or cyclic N) is 1. The molecule has 1 aromatic rings. The number of piperazine rings is 1. The van der Waals surface area contributed by atoms with Crippen LogP contribution in [0.15, 0.2) is 12.1 Å². The standard InChI is InChI=1S/C14H21ClN2O3S/c1-2-20-10-11(18)9-16-5-7-17(8-6-16)14(19)12-3-4-13(15)21-12/h3-4,11,18H,2,5-10H2,1H3/t11-/m1/s1. The van der Waals surface area contributed by atoms with Crippen LogP contribution in [0.1, 0.15) is 16.6 Å². The number of halogens is 1. The van der Waals surface area contributed by atoms with Crippen LogP contribution in [0.25, 0.3) is 0 Å². The zero-order valence-corrected chi connectivity index (χ0v) is 13.7. The van der Waals surface area contributed by atoms with Gasteiger partial charge in [0.15, 0.2) is 0 Å². The molecule has 5 nitrogen and oxygen atoms in total. The normalized spacial score (nSPS) is 18.0. The predicted molar refractivity (Wildman–Crippen MR) is 84.2 cm³/mol. The lowest BCUT2D eigenvalue weighted by Crippen LogP contribution is -2.50. The number of rotatable bonds is 6. The molecule has 7 heteroatoms. The van der Waals surface area contributed by atoms with Crippen LogP contribution < -0.4 is 0 Å². The smallest absolute Gasteiger partial charge is 0.264 e. The third-order valence-corrected chi connectivity index (χ3v) is 4.65. The van der Waals surface area contributed by atoms with Crippen LogP contribution in [0.4, 0.5) is 0 Å². The molecule has 0 radical (unpaired) electrons. The summed E-state index contributed by atoms with van der Waals surface area (Å²) in [5.74, 6) is 0.0430. The van der Waals surface area contributed by atoms with Crippen molar-refractivity contribution in [3.63, 3.8) is 0 Å². The summed E-state index contributed by atoms with van der Waals surface area (Å²) in [6.07, 6.45) is -0.469. The molecular formula is C14H21ClN2O3S. The van der Waals surface area contributed by atoms with Gasteiger partial charge in [-0.15, -0.1) is 11.3 Å². The van der Waals surface area contributed by atoms with Crippen LogP contribution in [0.5, 0.6) is 0 Å². The van der Waals surface area contributed by atoms with E-state index in [0.29, 0.717) is 42.1 Å². The van der Waals surface area contributed by atoms with Crippen LogP contribution in [-0.4, -0.2) is 72.9 Å². The number of aliphatic hydroxyl groups is 1. The molecule has 1 amide bonds. The van der Waals surface area contributed by atoms with Crippen molar-refractivity contribution in [2.75, 3.05) is 45.9 Å². The van der Waals surface area contributed by atoms with E-state index in [0.717, 1.165) is 13.1 Å². The third kappa shape index (κ3) is 4.93. The summed E-state index contributed by atoms with van der Waals surface area (Å²) >= 11 is 7.18. The Bertz CT molecular complexity index is 461. The van der Waals surface area contributed by atoms with Gasteiger partial charge in [0.2, 0.25) is 0 Å². The molecule has 1 N–H and O–H groups in total. The van der Waals surface area contributed by atoms with Gasteiger partial charge in [-0.25, -0.2) is 0 Å². The van der Waals surface area contributed by atoms with Gasteiger partial charge in [-0.05, 0) is 19.1 Å². The summed E-state index contributed by atoms with van der Waals surface area (Å²) in [6.45, 7) is 6.38. The molecule has 0 aliphatic carbocycles. The Labute approximate surface area is 134 Å². The van der Waals surface area contributed by atoms with Crippen molar-refractivity contribution >= 4 is 28.8 Å². The highest BCUT2D eigenvalue weighted by atomic mass is 35.5. The molecule has 0 aromatic carbocycles. The van der Waals surface area contributed by atoms with E-state index in [1.807, 2.05) is 11.8 Å². The molecule has 21 heavy (non-hydrogen) atoms. The van der Waals surface area contributed by atoms with Gasteiger partial charge in [-0.1, -0.05) is 11.6 Å². The predicted octanol–water partition coefficient (Wildman–Crippen LogP) is 1.56. The van der Waals surface area contributed by atoms with Crippen molar-refractivity contribution in [1.82, 2.24) is 9.80 Å². The molecule has 1 aliphatic heterocycles. The van der Waals surface area contributed by atoms with Crippen molar-refractivity contribution in [1.29, 1.82) is 0 Å². The lowest BCUT2D eigenvalue weighted by molar-refractivity contribution is 0.0112. The van der Waals surface area contributed by atoms with Crippen molar-refractivity contribution in [2.45, 2.75) is 13.0 Å². The van der Waals surface area contributed by atoms with Crippen LogP contribution in [0.2, 0.25) is 4.34 Å². The van der Waals surface area contributed by atoms with Crippen LogP contribution in [-0.2, 0) is 4.74 Å². The molecular weight excluding hydrogens is 312 g/mol. The summed E-state index contributed by atoms with van der Waals surface area (Å²) < 4.78 is 5.84. The summed E-state index contributed by atoms with van der Waals surface area (Å²) in [5.41, 5.74) is 0. The van der Waals surface area contributed by atoms with Gasteiger partial charge in [0.1, 0.15) is 0 Å². The van der Waals surface area contributed by atoms with E-state index in [9.17, 15) is 9.90 Å². The van der Waals surface area contributed by atoms with Crippen LogP contribution >= 0.6 is 22.9 Å².